The minimum absolute atomic E-state index is 0.149. The third kappa shape index (κ3) is 5.84. The topological polar surface area (TPSA) is 81.2 Å². The quantitative estimate of drug-likeness (QED) is 0.580. The molecule has 0 atom stereocenters. The Bertz CT molecular complexity index is 867. The number of benzene rings is 2. The third-order valence-electron chi connectivity index (χ3n) is 3.91. The molecular weight excluding hydrogens is 354 g/mol. The number of methoxy groups -OCH3 is 1. The summed E-state index contributed by atoms with van der Waals surface area (Å²) in [7, 11) is 1.66. The fraction of sp³-hybridized carbons (Fsp3) is 0.286. The van der Waals surface area contributed by atoms with Gasteiger partial charge in [0.05, 0.1) is 19.4 Å². The van der Waals surface area contributed by atoms with Crippen LogP contribution in [0.4, 0.5) is 17.5 Å². The summed E-state index contributed by atoms with van der Waals surface area (Å²) in [5.41, 5.74) is 2.11. The molecular formula is C21H25N5O2. The van der Waals surface area contributed by atoms with E-state index in [2.05, 4.69) is 25.8 Å². The van der Waals surface area contributed by atoms with Crippen molar-refractivity contribution in [1.82, 2.24) is 15.2 Å². The molecule has 3 rings (SSSR count). The van der Waals surface area contributed by atoms with Gasteiger partial charge in [-0.2, -0.15) is 10.1 Å². The predicted octanol–water partition coefficient (Wildman–Crippen LogP) is 4.07. The smallest absolute Gasteiger partial charge is 0.244 e. The molecule has 3 aromatic rings. The zero-order valence-electron chi connectivity index (χ0n) is 16.3. The van der Waals surface area contributed by atoms with Gasteiger partial charge in [-0.1, -0.05) is 12.1 Å². The van der Waals surface area contributed by atoms with Crippen LogP contribution in [-0.2, 0) is 6.42 Å². The van der Waals surface area contributed by atoms with Crippen LogP contribution in [0.2, 0.25) is 0 Å². The highest BCUT2D eigenvalue weighted by atomic mass is 16.5. The van der Waals surface area contributed by atoms with Crippen LogP contribution in [0, 0.1) is 0 Å². The van der Waals surface area contributed by atoms with Crippen molar-refractivity contribution in [2.75, 3.05) is 24.3 Å². The van der Waals surface area contributed by atoms with Gasteiger partial charge in [-0.25, -0.2) is 0 Å². The van der Waals surface area contributed by atoms with E-state index in [1.54, 1.807) is 13.3 Å². The summed E-state index contributed by atoms with van der Waals surface area (Å²) in [6, 6.07) is 15.7. The van der Waals surface area contributed by atoms with E-state index < -0.39 is 0 Å². The number of hydrogen-bond acceptors (Lipinski definition) is 7. The van der Waals surface area contributed by atoms with Crippen LogP contribution in [0.1, 0.15) is 19.4 Å². The van der Waals surface area contributed by atoms with Gasteiger partial charge in [0.25, 0.3) is 0 Å². The average molecular weight is 379 g/mol. The summed E-state index contributed by atoms with van der Waals surface area (Å²) in [5.74, 6) is 2.80. The maximum Gasteiger partial charge on any atom is 0.244 e. The molecule has 2 aromatic carbocycles. The molecule has 0 amide bonds. The van der Waals surface area contributed by atoms with Gasteiger partial charge in [-0.15, -0.1) is 5.10 Å². The van der Waals surface area contributed by atoms with E-state index in [1.807, 2.05) is 62.4 Å². The summed E-state index contributed by atoms with van der Waals surface area (Å²) in [6.07, 6.45) is 2.59. The van der Waals surface area contributed by atoms with Crippen molar-refractivity contribution < 1.29 is 9.47 Å². The Labute approximate surface area is 165 Å². The van der Waals surface area contributed by atoms with Crippen molar-refractivity contribution in [2.45, 2.75) is 26.4 Å². The first-order chi connectivity index (χ1) is 13.6. The summed E-state index contributed by atoms with van der Waals surface area (Å²) < 4.78 is 10.8. The second-order valence-electron chi connectivity index (χ2n) is 6.51. The van der Waals surface area contributed by atoms with Crippen LogP contribution < -0.4 is 20.1 Å². The minimum atomic E-state index is 0.149. The number of hydrogen-bond donors (Lipinski definition) is 2. The van der Waals surface area contributed by atoms with Gasteiger partial charge in [-0.3, -0.25) is 0 Å². The summed E-state index contributed by atoms with van der Waals surface area (Å²) in [6.45, 7) is 4.71. The number of rotatable bonds is 9. The molecule has 1 aromatic heterocycles. The fourth-order valence-electron chi connectivity index (χ4n) is 2.59. The second kappa shape index (κ2) is 9.55. The van der Waals surface area contributed by atoms with Gasteiger partial charge < -0.3 is 20.1 Å². The van der Waals surface area contributed by atoms with E-state index in [0.717, 1.165) is 23.6 Å². The Morgan fingerprint density at radius 3 is 2.36 bits per heavy atom. The van der Waals surface area contributed by atoms with Crippen LogP contribution in [0.3, 0.4) is 0 Å². The molecule has 0 unspecified atom stereocenters. The SMILES string of the molecule is COc1ccc(CCNc2nncc(Nc3ccc(OC(C)C)cc3)n2)cc1. The molecule has 0 aliphatic carbocycles. The van der Waals surface area contributed by atoms with Gasteiger partial charge in [0.2, 0.25) is 5.95 Å². The van der Waals surface area contributed by atoms with Crippen molar-refractivity contribution in [1.29, 1.82) is 0 Å². The Morgan fingerprint density at radius 1 is 0.964 bits per heavy atom. The van der Waals surface area contributed by atoms with E-state index in [1.165, 1.54) is 5.56 Å². The zero-order chi connectivity index (χ0) is 19.8. The molecule has 0 saturated carbocycles. The average Bonchev–Trinajstić information content (AvgIpc) is 2.70. The first kappa shape index (κ1) is 19.4. The lowest BCUT2D eigenvalue weighted by atomic mass is 10.1. The van der Waals surface area contributed by atoms with Crippen molar-refractivity contribution >= 4 is 17.5 Å². The van der Waals surface area contributed by atoms with Crippen molar-refractivity contribution in [3.8, 4) is 11.5 Å². The summed E-state index contributed by atoms with van der Waals surface area (Å²) in [4.78, 5) is 4.45. The molecule has 0 aliphatic rings. The van der Waals surface area contributed by atoms with Crippen LogP contribution in [0.15, 0.2) is 54.7 Å². The van der Waals surface area contributed by atoms with Gasteiger partial charge >= 0.3 is 0 Å². The molecule has 1 heterocycles. The number of ether oxygens (including phenoxy) is 2. The second-order valence-corrected chi connectivity index (χ2v) is 6.51. The third-order valence-corrected chi connectivity index (χ3v) is 3.91. The maximum absolute atomic E-state index is 5.65. The number of nitrogens with one attached hydrogen (secondary N) is 2. The molecule has 7 heteroatoms. The lowest BCUT2D eigenvalue weighted by Crippen LogP contribution is -2.09. The largest absolute Gasteiger partial charge is 0.497 e. The number of aromatic nitrogens is 3. The van der Waals surface area contributed by atoms with E-state index in [4.69, 9.17) is 9.47 Å². The molecule has 146 valence electrons. The van der Waals surface area contributed by atoms with Gasteiger partial charge in [-0.05, 0) is 62.2 Å². The highest BCUT2D eigenvalue weighted by molar-refractivity contribution is 5.57. The van der Waals surface area contributed by atoms with Crippen LogP contribution in [-0.4, -0.2) is 34.9 Å². The summed E-state index contributed by atoms with van der Waals surface area (Å²) in [5, 5.41) is 14.5. The van der Waals surface area contributed by atoms with Gasteiger partial charge in [0.1, 0.15) is 11.5 Å². The maximum atomic E-state index is 5.65. The Balaban J connectivity index is 1.53. The molecule has 0 aliphatic heterocycles. The molecule has 0 saturated heterocycles. The Kier molecular flexibility index (Phi) is 6.62. The molecule has 2 N–H and O–H groups in total. The fourth-order valence-corrected chi connectivity index (χ4v) is 2.59. The molecule has 0 fully saturated rings. The van der Waals surface area contributed by atoms with Gasteiger partial charge in [0.15, 0.2) is 5.82 Å². The van der Waals surface area contributed by atoms with E-state index in [0.29, 0.717) is 18.3 Å². The number of nitrogens with zero attached hydrogens (tertiary/aromatic N) is 3. The van der Waals surface area contributed by atoms with Gasteiger partial charge in [0, 0.05) is 12.2 Å². The molecule has 0 bridgehead atoms. The highest BCUT2D eigenvalue weighted by Gasteiger charge is 2.03. The molecule has 0 spiro atoms. The van der Waals surface area contributed by atoms with Crippen molar-refractivity contribution in [3.63, 3.8) is 0 Å². The Hall–Kier alpha value is -3.35. The van der Waals surface area contributed by atoms with Crippen LogP contribution >= 0.6 is 0 Å². The molecule has 0 radical (unpaired) electrons. The highest BCUT2D eigenvalue weighted by Crippen LogP contribution is 2.20. The minimum Gasteiger partial charge on any atom is -0.497 e. The first-order valence-corrected chi connectivity index (χ1v) is 9.22. The van der Waals surface area contributed by atoms with Crippen molar-refractivity contribution in [3.05, 3.63) is 60.3 Å². The lowest BCUT2D eigenvalue weighted by Gasteiger charge is -2.11. The lowest BCUT2D eigenvalue weighted by molar-refractivity contribution is 0.242. The predicted molar refractivity (Wildman–Crippen MR) is 111 cm³/mol. The number of anilines is 3. The first-order valence-electron chi connectivity index (χ1n) is 9.22. The normalized spacial score (nSPS) is 10.6. The standard InChI is InChI=1S/C21H25N5O2/c1-15(2)28-19-10-6-17(7-11-19)24-20-14-23-26-21(25-20)22-13-12-16-4-8-18(27-3)9-5-16/h4-11,14-15H,12-13H2,1-3H3,(H2,22,24,25,26). The van der Waals surface area contributed by atoms with E-state index in [9.17, 15) is 0 Å². The van der Waals surface area contributed by atoms with Crippen LogP contribution in [0.5, 0.6) is 11.5 Å². The van der Waals surface area contributed by atoms with Crippen molar-refractivity contribution in [2.24, 2.45) is 0 Å². The molecule has 28 heavy (non-hydrogen) atoms. The Morgan fingerprint density at radius 2 is 1.68 bits per heavy atom. The van der Waals surface area contributed by atoms with E-state index >= 15 is 0 Å². The zero-order valence-corrected chi connectivity index (χ0v) is 16.3. The van der Waals surface area contributed by atoms with Crippen LogP contribution in [0.25, 0.3) is 0 Å². The summed E-state index contributed by atoms with van der Waals surface area (Å²) >= 11 is 0. The monoisotopic (exact) mass is 379 g/mol. The van der Waals surface area contributed by atoms with E-state index in [-0.39, 0.29) is 6.10 Å². The molecule has 7 nitrogen and oxygen atoms in total.